The summed E-state index contributed by atoms with van der Waals surface area (Å²) in [5.41, 5.74) is 2.62. The first kappa shape index (κ1) is 12.7. The molecule has 1 N–H and O–H groups in total. The smallest absolute Gasteiger partial charge is 0.123 e. The maximum absolute atomic E-state index is 5.53. The molecule has 108 valence electrons. The second-order valence-corrected chi connectivity index (χ2v) is 7.15. The van der Waals surface area contributed by atoms with Crippen molar-refractivity contribution in [2.24, 2.45) is 23.7 Å². The van der Waals surface area contributed by atoms with Crippen molar-refractivity contribution in [2.75, 3.05) is 7.11 Å². The molecular formula is C18H25NO. The molecule has 1 aromatic carbocycles. The van der Waals surface area contributed by atoms with E-state index < -0.39 is 0 Å². The van der Waals surface area contributed by atoms with Crippen LogP contribution in [0.4, 0.5) is 0 Å². The fourth-order valence-electron chi connectivity index (χ4n) is 5.12. The summed E-state index contributed by atoms with van der Waals surface area (Å²) in [6, 6.07) is 7.66. The van der Waals surface area contributed by atoms with Gasteiger partial charge in [-0.25, -0.2) is 0 Å². The van der Waals surface area contributed by atoms with E-state index in [9.17, 15) is 0 Å². The predicted octanol–water partition coefficient (Wildman–Crippen LogP) is 3.70. The summed E-state index contributed by atoms with van der Waals surface area (Å²) in [5, 5.41) is 3.89. The Balaban J connectivity index is 1.49. The van der Waals surface area contributed by atoms with E-state index in [1.807, 2.05) is 0 Å². The van der Waals surface area contributed by atoms with Gasteiger partial charge in [-0.15, -0.1) is 0 Å². The van der Waals surface area contributed by atoms with E-state index in [1.165, 1.54) is 30.4 Å². The maximum atomic E-state index is 5.53. The minimum atomic E-state index is 0.389. The zero-order chi connectivity index (χ0) is 13.9. The summed E-state index contributed by atoms with van der Waals surface area (Å²) >= 11 is 0. The lowest BCUT2D eigenvalue weighted by molar-refractivity contribution is 0.391. The minimum absolute atomic E-state index is 0.389. The van der Waals surface area contributed by atoms with Crippen LogP contribution in [0.1, 0.15) is 43.4 Å². The summed E-state index contributed by atoms with van der Waals surface area (Å²) in [4.78, 5) is 0. The van der Waals surface area contributed by atoms with Gasteiger partial charge in [-0.3, -0.25) is 0 Å². The van der Waals surface area contributed by atoms with E-state index in [2.05, 4.69) is 37.4 Å². The van der Waals surface area contributed by atoms with Crippen molar-refractivity contribution in [3.05, 3.63) is 29.3 Å². The highest BCUT2D eigenvalue weighted by atomic mass is 16.5. The molecule has 0 saturated heterocycles. The fourth-order valence-corrected chi connectivity index (χ4v) is 5.12. The number of methoxy groups -OCH3 is 1. The topological polar surface area (TPSA) is 21.3 Å². The first-order valence-corrected chi connectivity index (χ1v) is 8.09. The van der Waals surface area contributed by atoms with Crippen LogP contribution in [0.25, 0.3) is 0 Å². The minimum Gasteiger partial charge on any atom is -0.496 e. The molecule has 0 radical (unpaired) electrons. The van der Waals surface area contributed by atoms with Gasteiger partial charge >= 0.3 is 0 Å². The summed E-state index contributed by atoms with van der Waals surface area (Å²) in [6.45, 7) is 4.44. The van der Waals surface area contributed by atoms with E-state index in [1.54, 1.807) is 7.11 Å². The second-order valence-electron chi connectivity index (χ2n) is 7.15. The van der Waals surface area contributed by atoms with E-state index in [0.29, 0.717) is 6.04 Å². The zero-order valence-electron chi connectivity index (χ0n) is 12.7. The molecule has 0 spiro atoms. The highest BCUT2D eigenvalue weighted by Crippen LogP contribution is 2.65. The van der Waals surface area contributed by atoms with Gasteiger partial charge in [-0.2, -0.15) is 0 Å². The molecule has 3 aliphatic carbocycles. The van der Waals surface area contributed by atoms with Crippen LogP contribution in [0.3, 0.4) is 0 Å². The molecule has 2 nitrogen and oxygen atoms in total. The van der Waals surface area contributed by atoms with Gasteiger partial charge in [-0.05, 0) is 62.8 Å². The molecule has 5 atom stereocenters. The van der Waals surface area contributed by atoms with Crippen molar-refractivity contribution in [1.82, 2.24) is 5.32 Å². The first-order valence-electron chi connectivity index (χ1n) is 8.09. The monoisotopic (exact) mass is 271 g/mol. The van der Waals surface area contributed by atoms with Crippen molar-refractivity contribution in [3.8, 4) is 5.75 Å². The van der Waals surface area contributed by atoms with Gasteiger partial charge in [-0.1, -0.05) is 17.7 Å². The molecule has 4 rings (SSSR count). The summed E-state index contributed by atoms with van der Waals surface area (Å²) in [7, 11) is 1.77. The van der Waals surface area contributed by atoms with Gasteiger partial charge in [0, 0.05) is 17.6 Å². The molecule has 2 bridgehead atoms. The van der Waals surface area contributed by atoms with Crippen LogP contribution in [0, 0.1) is 30.6 Å². The Morgan fingerprint density at radius 1 is 1.20 bits per heavy atom. The number of hydrogen-bond acceptors (Lipinski definition) is 2. The van der Waals surface area contributed by atoms with E-state index in [0.717, 1.165) is 35.5 Å². The molecule has 5 unspecified atom stereocenters. The molecule has 0 aromatic heterocycles. The standard InChI is InChI=1S/C18H25NO/c1-10-4-7-15(20-3)14(8-10)11(2)19-18-16-12-5-6-13(9-12)17(16)18/h4,7-8,11-13,16-19H,5-6,9H2,1-3H3. The van der Waals surface area contributed by atoms with Crippen LogP contribution in [-0.2, 0) is 0 Å². The van der Waals surface area contributed by atoms with Crippen molar-refractivity contribution in [3.63, 3.8) is 0 Å². The largest absolute Gasteiger partial charge is 0.496 e. The van der Waals surface area contributed by atoms with Gasteiger partial charge in [0.2, 0.25) is 0 Å². The third kappa shape index (κ3) is 1.81. The van der Waals surface area contributed by atoms with Crippen LogP contribution in [0.2, 0.25) is 0 Å². The highest BCUT2D eigenvalue weighted by Gasteiger charge is 2.64. The molecule has 3 saturated carbocycles. The molecule has 0 heterocycles. The number of fused-ring (bicyclic) bond motifs is 5. The normalized spacial score (nSPS) is 38.6. The number of rotatable bonds is 4. The number of ether oxygens (including phenoxy) is 1. The third-order valence-electron chi connectivity index (χ3n) is 6.03. The molecule has 1 aromatic rings. The Labute approximate surface area is 121 Å². The third-order valence-corrected chi connectivity index (χ3v) is 6.03. The Bertz CT molecular complexity index is 510. The number of aryl methyl sites for hydroxylation is 1. The van der Waals surface area contributed by atoms with Crippen LogP contribution >= 0.6 is 0 Å². The lowest BCUT2D eigenvalue weighted by Crippen LogP contribution is -2.26. The molecule has 2 heteroatoms. The summed E-state index contributed by atoms with van der Waals surface area (Å²) < 4.78 is 5.53. The Morgan fingerprint density at radius 3 is 2.55 bits per heavy atom. The zero-order valence-corrected chi connectivity index (χ0v) is 12.7. The van der Waals surface area contributed by atoms with Gasteiger partial charge in [0.15, 0.2) is 0 Å². The Kier molecular flexibility index (Phi) is 2.85. The Hall–Kier alpha value is -1.02. The van der Waals surface area contributed by atoms with Crippen molar-refractivity contribution in [1.29, 1.82) is 0 Å². The molecule has 20 heavy (non-hydrogen) atoms. The highest BCUT2D eigenvalue weighted by molar-refractivity contribution is 5.39. The van der Waals surface area contributed by atoms with E-state index in [4.69, 9.17) is 4.74 Å². The van der Waals surface area contributed by atoms with E-state index in [-0.39, 0.29) is 0 Å². The van der Waals surface area contributed by atoms with Gasteiger partial charge in [0.05, 0.1) is 7.11 Å². The van der Waals surface area contributed by atoms with Crippen molar-refractivity contribution >= 4 is 0 Å². The fraction of sp³-hybridized carbons (Fsp3) is 0.667. The van der Waals surface area contributed by atoms with Gasteiger partial charge in [0.1, 0.15) is 5.75 Å². The molecule has 0 amide bonds. The number of hydrogen-bond donors (Lipinski definition) is 1. The quantitative estimate of drug-likeness (QED) is 0.901. The molecular weight excluding hydrogens is 246 g/mol. The van der Waals surface area contributed by atoms with Crippen LogP contribution in [0.5, 0.6) is 5.75 Å². The lowest BCUT2D eigenvalue weighted by atomic mass is 10.0. The van der Waals surface area contributed by atoms with Crippen molar-refractivity contribution in [2.45, 2.75) is 45.2 Å². The van der Waals surface area contributed by atoms with Crippen LogP contribution in [-0.4, -0.2) is 13.2 Å². The lowest BCUT2D eigenvalue weighted by Gasteiger charge is -2.20. The molecule has 3 fully saturated rings. The van der Waals surface area contributed by atoms with Crippen LogP contribution in [0.15, 0.2) is 18.2 Å². The SMILES string of the molecule is COc1ccc(C)cc1C(C)NC1C2C3CCC(C3)C12. The summed E-state index contributed by atoms with van der Waals surface area (Å²) in [6.07, 6.45) is 4.51. The average Bonchev–Trinajstić information content (AvgIpc) is 2.84. The summed E-state index contributed by atoms with van der Waals surface area (Å²) in [5.74, 6) is 5.08. The molecule has 0 aliphatic heterocycles. The van der Waals surface area contributed by atoms with E-state index >= 15 is 0 Å². The molecule has 3 aliphatic rings. The van der Waals surface area contributed by atoms with Crippen LogP contribution < -0.4 is 10.1 Å². The first-order chi connectivity index (χ1) is 9.69. The number of benzene rings is 1. The van der Waals surface area contributed by atoms with Crippen molar-refractivity contribution < 1.29 is 4.74 Å². The van der Waals surface area contributed by atoms with Gasteiger partial charge in [0.25, 0.3) is 0 Å². The predicted molar refractivity (Wildman–Crippen MR) is 80.9 cm³/mol. The Morgan fingerprint density at radius 2 is 1.90 bits per heavy atom. The van der Waals surface area contributed by atoms with Gasteiger partial charge < -0.3 is 10.1 Å². The maximum Gasteiger partial charge on any atom is 0.123 e. The second kappa shape index (κ2) is 4.49. The average molecular weight is 271 g/mol. The number of nitrogens with one attached hydrogen (secondary N) is 1.